The maximum absolute atomic E-state index is 13.1. The zero-order chi connectivity index (χ0) is 18.8. The molecule has 27 heavy (non-hydrogen) atoms. The van der Waals surface area contributed by atoms with Crippen molar-refractivity contribution in [2.45, 2.75) is 9.79 Å². The molecule has 0 saturated carbocycles. The lowest BCUT2D eigenvalue weighted by molar-refractivity contribution is -0.113. The number of amides is 1. The average Bonchev–Trinajstić information content (AvgIpc) is 2.70. The Hall–Kier alpha value is -2.98. The summed E-state index contributed by atoms with van der Waals surface area (Å²) in [7, 11) is 4.02. The molecule has 0 aromatic heterocycles. The molecule has 1 aliphatic heterocycles. The number of carbonyl (C=O) groups excluding carboxylic acids is 1. The lowest BCUT2D eigenvalue weighted by atomic mass is 10.1. The third kappa shape index (κ3) is 3.49. The second-order valence-electron chi connectivity index (χ2n) is 6.53. The van der Waals surface area contributed by atoms with Crippen molar-refractivity contribution in [3.8, 4) is 0 Å². The largest absolute Gasteiger partial charge is 0.378 e. The van der Waals surface area contributed by atoms with E-state index < -0.39 is 0 Å². The molecule has 0 fully saturated rings. The molecule has 0 N–H and O–H groups in total. The number of hydrogen-bond acceptors (Lipinski definition) is 3. The van der Waals surface area contributed by atoms with Crippen molar-refractivity contribution in [3.63, 3.8) is 0 Å². The highest BCUT2D eigenvalue weighted by molar-refractivity contribution is 7.99. The van der Waals surface area contributed by atoms with Gasteiger partial charge in [0.15, 0.2) is 0 Å². The van der Waals surface area contributed by atoms with Crippen LogP contribution in [0, 0.1) is 0 Å². The van der Waals surface area contributed by atoms with Crippen molar-refractivity contribution < 1.29 is 4.79 Å². The van der Waals surface area contributed by atoms with Gasteiger partial charge in [-0.1, -0.05) is 48.2 Å². The molecule has 134 valence electrons. The number of fused-ring (bicyclic) bond motifs is 2. The van der Waals surface area contributed by atoms with Crippen LogP contribution in [-0.2, 0) is 4.79 Å². The molecule has 0 bridgehead atoms. The molecule has 3 aromatic carbocycles. The Balaban J connectivity index is 1.65. The summed E-state index contributed by atoms with van der Waals surface area (Å²) in [5.74, 6) is -0.0492. The highest BCUT2D eigenvalue weighted by Crippen LogP contribution is 2.47. The number of nitrogens with zero attached hydrogens (tertiary/aromatic N) is 2. The van der Waals surface area contributed by atoms with Crippen molar-refractivity contribution in [1.82, 2.24) is 0 Å². The predicted octanol–water partition coefficient (Wildman–Crippen LogP) is 5.60. The minimum Gasteiger partial charge on any atom is -0.378 e. The van der Waals surface area contributed by atoms with E-state index in [1.54, 1.807) is 22.7 Å². The molecule has 0 spiro atoms. The normalized spacial score (nSPS) is 12.6. The lowest BCUT2D eigenvalue weighted by Gasteiger charge is -2.30. The molecule has 1 aliphatic rings. The van der Waals surface area contributed by atoms with Crippen molar-refractivity contribution in [3.05, 3.63) is 84.4 Å². The van der Waals surface area contributed by atoms with E-state index in [9.17, 15) is 4.79 Å². The van der Waals surface area contributed by atoms with Crippen molar-refractivity contribution in [2.24, 2.45) is 0 Å². The molecule has 0 unspecified atom stereocenters. The zero-order valence-electron chi connectivity index (χ0n) is 15.3. The molecule has 0 aliphatic carbocycles. The molecular weight excluding hydrogens is 352 g/mol. The van der Waals surface area contributed by atoms with Crippen LogP contribution >= 0.6 is 11.8 Å². The first-order chi connectivity index (χ1) is 13.1. The number of anilines is 3. The monoisotopic (exact) mass is 372 g/mol. The number of para-hydroxylation sites is 2. The minimum atomic E-state index is -0.0492. The van der Waals surface area contributed by atoms with E-state index in [0.29, 0.717) is 0 Å². The first-order valence-electron chi connectivity index (χ1n) is 8.79. The summed E-state index contributed by atoms with van der Waals surface area (Å²) in [5.41, 5.74) is 3.99. The van der Waals surface area contributed by atoms with Gasteiger partial charge in [-0.15, -0.1) is 0 Å². The maximum Gasteiger partial charge on any atom is 0.255 e. The van der Waals surface area contributed by atoms with Gasteiger partial charge in [0, 0.05) is 35.6 Å². The van der Waals surface area contributed by atoms with E-state index in [4.69, 9.17) is 0 Å². The summed E-state index contributed by atoms with van der Waals surface area (Å²) in [6.45, 7) is 0. The minimum absolute atomic E-state index is 0.0492. The van der Waals surface area contributed by atoms with Crippen molar-refractivity contribution in [2.75, 3.05) is 23.9 Å². The highest BCUT2D eigenvalue weighted by Gasteiger charge is 2.26. The summed E-state index contributed by atoms with van der Waals surface area (Å²) in [4.78, 5) is 19.1. The van der Waals surface area contributed by atoms with Crippen LogP contribution in [0.3, 0.4) is 0 Å². The first-order valence-corrected chi connectivity index (χ1v) is 9.60. The zero-order valence-corrected chi connectivity index (χ0v) is 16.1. The quantitative estimate of drug-likeness (QED) is 0.560. The van der Waals surface area contributed by atoms with E-state index in [0.717, 1.165) is 32.4 Å². The smallest absolute Gasteiger partial charge is 0.255 e. The van der Waals surface area contributed by atoms with Crippen LogP contribution in [0.15, 0.2) is 88.7 Å². The van der Waals surface area contributed by atoms with Crippen molar-refractivity contribution in [1.29, 1.82) is 0 Å². The molecule has 4 rings (SSSR count). The summed E-state index contributed by atoms with van der Waals surface area (Å²) in [6.07, 6.45) is 3.52. The Kier molecular flexibility index (Phi) is 4.73. The van der Waals surface area contributed by atoms with Gasteiger partial charge in [0.25, 0.3) is 5.91 Å². The van der Waals surface area contributed by atoms with Crippen LogP contribution in [0.5, 0.6) is 0 Å². The third-order valence-electron chi connectivity index (χ3n) is 4.48. The number of hydrogen-bond donors (Lipinski definition) is 0. The molecule has 3 nitrogen and oxygen atoms in total. The maximum atomic E-state index is 13.1. The number of carbonyl (C=O) groups is 1. The second-order valence-corrected chi connectivity index (χ2v) is 7.61. The standard InChI is InChI=1S/C23H20N2OS/c1-24(2)18-14-11-17(12-15-18)13-16-23(26)25-19-7-3-5-9-21(19)27-22-10-6-4-8-20(22)25/h3-16H,1-2H3/b16-13+. The number of benzene rings is 3. The molecular formula is C23H20N2OS. The van der Waals surface area contributed by atoms with Gasteiger partial charge in [0.1, 0.15) is 0 Å². The second kappa shape index (κ2) is 7.33. The van der Waals surface area contributed by atoms with E-state index in [1.807, 2.05) is 80.8 Å². The Morgan fingerprint density at radius 3 is 1.96 bits per heavy atom. The molecule has 1 heterocycles. The Morgan fingerprint density at radius 2 is 1.41 bits per heavy atom. The number of rotatable bonds is 3. The van der Waals surface area contributed by atoms with E-state index in [-0.39, 0.29) is 5.91 Å². The third-order valence-corrected chi connectivity index (χ3v) is 5.61. The van der Waals surface area contributed by atoms with Crippen LogP contribution in [0.2, 0.25) is 0 Å². The molecule has 1 amide bonds. The van der Waals surface area contributed by atoms with Crippen LogP contribution in [0.4, 0.5) is 17.1 Å². The van der Waals surface area contributed by atoms with Crippen molar-refractivity contribution >= 4 is 40.8 Å². The van der Waals surface area contributed by atoms with Gasteiger partial charge in [-0.2, -0.15) is 0 Å². The van der Waals surface area contributed by atoms with E-state index in [2.05, 4.69) is 17.0 Å². The molecule has 3 aromatic rings. The van der Waals surface area contributed by atoms with Crippen LogP contribution in [0.25, 0.3) is 6.08 Å². The van der Waals surface area contributed by atoms with Crippen LogP contribution in [-0.4, -0.2) is 20.0 Å². The van der Waals surface area contributed by atoms with Gasteiger partial charge in [0.05, 0.1) is 11.4 Å². The van der Waals surface area contributed by atoms with Gasteiger partial charge in [0.2, 0.25) is 0 Å². The average molecular weight is 372 g/mol. The fourth-order valence-corrected chi connectivity index (χ4v) is 4.13. The van der Waals surface area contributed by atoms with Crippen LogP contribution < -0.4 is 9.80 Å². The fourth-order valence-electron chi connectivity index (χ4n) is 3.07. The molecule has 4 heteroatoms. The van der Waals surface area contributed by atoms with Crippen LogP contribution in [0.1, 0.15) is 5.56 Å². The summed E-state index contributed by atoms with van der Waals surface area (Å²) in [5, 5.41) is 0. The van der Waals surface area contributed by atoms with E-state index in [1.165, 1.54) is 0 Å². The fraction of sp³-hybridized carbons (Fsp3) is 0.0870. The molecule has 0 atom stereocenters. The first kappa shape index (κ1) is 17.4. The summed E-state index contributed by atoms with van der Waals surface area (Å²) < 4.78 is 0. The van der Waals surface area contributed by atoms with Gasteiger partial charge in [-0.25, -0.2) is 0 Å². The van der Waals surface area contributed by atoms with Gasteiger partial charge in [-0.3, -0.25) is 9.69 Å². The highest BCUT2D eigenvalue weighted by atomic mass is 32.2. The van der Waals surface area contributed by atoms with Gasteiger partial charge in [-0.05, 0) is 48.0 Å². The summed E-state index contributed by atoms with van der Waals surface area (Å²) in [6, 6.07) is 24.2. The Morgan fingerprint density at radius 1 is 0.852 bits per heavy atom. The lowest BCUT2D eigenvalue weighted by Crippen LogP contribution is -2.26. The van der Waals surface area contributed by atoms with E-state index >= 15 is 0 Å². The van der Waals surface area contributed by atoms with Gasteiger partial charge < -0.3 is 4.90 Å². The SMILES string of the molecule is CN(C)c1ccc(/C=C/C(=O)N2c3ccccc3Sc3ccccc32)cc1. The Labute approximate surface area is 163 Å². The Bertz CT molecular complexity index is 963. The topological polar surface area (TPSA) is 23.6 Å². The molecule has 0 radical (unpaired) electrons. The molecule has 0 saturated heterocycles. The summed E-state index contributed by atoms with van der Waals surface area (Å²) >= 11 is 1.70. The van der Waals surface area contributed by atoms with Gasteiger partial charge >= 0.3 is 0 Å². The predicted molar refractivity (Wildman–Crippen MR) is 114 cm³/mol.